The molecule has 0 fully saturated rings. The summed E-state index contributed by atoms with van der Waals surface area (Å²) < 4.78 is 1.49. The van der Waals surface area contributed by atoms with Gasteiger partial charge in [0, 0.05) is 24.9 Å². The van der Waals surface area contributed by atoms with Crippen molar-refractivity contribution in [3.63, 3.8) is 0 Å². The number of nitro groups is 1. The Labute approximate surface area is 176 Å². The van der Waals surface area contributed by atoms with Crippen LogP contribution in [0.25, 0.3) is 5.69 Å². The number of hydrogen-bond acceptors (Lipinski definition) is 7. The molecule has 0 saturated carbocycles. The fourth-order valence-corrected chi connectivity index (χ4v) is 3.96. The first-order chi connectivity index (χ1) is 14.5. The second kappa shape index (κ2) is 8.46. The number of benzene rings is 2. The van der Waals surface area contributed by atoms with E-state index in [0.717, 1.165) is 5.56 Å². The van der Waals surface area contributed by atoms with Gasteiger partial charge < -0.3 is 0 Å². The van der Waals surface area contributed by atoms with Crippen LogP contribution >= 0.6 is 11.8 Å². The molecule has 10 heteroatoms. The third kappa shape index (κ3) is 4.23. The number of carbonyl (C=O) groups excluding carboxylic acids is 1. The average molecular weight is 422 g/mol. The number of hydrogen-bond donors (Lipinski definition) is 0. The van der Waals surface area contributed by atoms with E-state index < -0.39 is 4.92 Å². The Morgan fingerprint density at radius 2 is 2.00 bits per heavy atom. The minimum absolute atomic E-state index is 0.0115. The molecule has 1 atom stereocenters. The molecule has 1 aliphatic heterocycles. The number of carbonyl (C=O) groups is 1. The first-order valence-electron chi connectivity index (χ1n) is 9.19. The number of amidine groups is 1. The highest BCUT2D eigenvalue weighted by molar-refractivity contribution is 8.13. The summed E-state index contributed by atoms with van der Waals surface area (Å²) in [6.07, 6.45) is 2.06. The van der Waals surface area contributed by atoms with E-state index in [4.69, 9.17) is 4.99 Å². The lowest BCUT2D eigenvalue weighted by Crippen LogP contribution is -2.36. The minimum atomic E-state index is -0.450. The Kier molecular flexibility index (Phi) is 5.57. The van der Waals surface area contributed by atoms with Gasteiger partial charge in [-0.2, -0.15) is 0 Å². The van der Waals surface area contributed by atoms with Gasteiger partial charge in [-0.3, -0.25) is 24.8 Å². The maximum atomic E-state index is 12.4. The van der Waals surface area contributed by atoms with Crippen LogP contribution in [0.5, 0.6) is 0 Å². The van der Waals surface area contributed by atoms with Crippen molar-refractivity contribution < 1.29 is 9.72 Å². The lowest BCUT2D eigenvalue weighted by molar-refractivity contribution is -0.384. The van der Waals surface area contributed by atoms with Crippen molar-refractivity contribution in [1.82, 2.24) is 19.9 Å². The SMILES string of the molecule is CN1C(=O)CC(c2ccccc2)N=C1SCc1cn(-c2cccc([N+](=O)[O-])c2)nn1. The Balaban J connectivity index is 1.49. The summed E-state index contributed by atoms with van der Waals surface area (Å²) in [6, 6.07) is 15.7. The molecule has 0 radical (unpaired) electrons. The van der Waals surface area contributed by atoms with Crippen molar-refractivity contribution in [2.45, 2.75) is 18.2 Å². The zero-order valence-corrected chi connectivity index (χ0v) is 16.9. The van der Waals surface area contributed by atoms with E-state index in [9.17, 15) is 14.9 Å². The van der Waals surface area contributed by atoms with E-state index in [1.807, 2.05) is 30.3 Å². The van der Waals surface area contributed by atoms with Gasteiger partial charge in [0.1, 0.15) is 0 Å². The number of amides is 1. The predicted molar refractivity (Wildman–Crippen MR) is 113 cm³/mol. The van der Waals surface area contributed by atoms with Gasteiger partial charge in [-0.25, -0.2) is 4.68 Å². The smallest absolute Gasteiger partial charge is 0.271 e. The van der Waals surface area contributed by atoms with E-state index >= 15 is 0 Å². The normalized spacial score (nSPS) is 16.4. The second-order valence-electron chi connectivity index (χ2n) is 6.72. The fourth-order valence-electron chi connectivity index (χ4n) is 3.05. The van der Waals surface area contributed by atoms with Gasteiger partial charge in [-0.1, -0.05) is 53.4 Å². The molecule has 0 aliphatic carbocycles. The van der Waals surface area contributed by atoms with Crippen molar-refractivity contribution >= 4 is 28.5 Å². The summed E-state index contributed by atoms with van der Waals surface area (Å²) in [6.45, 7) is 0. The molecule has 1 aromatic heterocycles. The monoisotopic (exact) mass is 422 g/mol. The van der Waals surface area contributed by atoms with Crippen molar-refractivity contribution in [3.8, 4) is 5.69 Å². The van der Waals surface area contributed by atoms with Crippen LogP contribution in [0.4, 0.5) is 5.69 Å². The molecule has 30 heavy (non-hydrogen) atoms. The molecule has 0 N–H and O–H groups in total. The standard InChI is InChI=1S/C20H18N6O3S/c1-24-19(27)11-18(14-6-3-2-4-7-14)21-20(24)30-13-15-12-25(23-22-15)16-8-5-9-17(10-16)26(28)29/h2-10,12,18H,11,13H2,1H3. The molecule has 2 heterocycles. The number of rotatable bonds is 5. The first-order valence-corrected chi connectivity index (χ1v) is 10.2. The third-order valence-corrected chi connectivity index (χ3v) is 5.75. The summed E-state index contributed by atoms with van der Waals surface area (Å²) >= 11 is 1.41. The fraction of sp³-hybridized carbons (Fsp3) is 0.200. The molecule has 0 saturated heterocycles. The Hall–Kier alpha value is -3.53. The van der Waals surface area contributed by atoms with E-state index in [1.54, 1.807) is 30.3 Å². The van der Waals surface area contributed by atoms with Crippen molar-refractivity contribution in [2.75, 3.05) is 7.05 Å². The lowest BCUT2D eigenvalue weighted by atomic mass is 10.0. The summed E-state index contributed by atoms with van der Waals surface area (Å²) in [5.41, 5.74) is 2.23. The minimum Gasteiger partial charge on any atom is -0.295 e. The number of nitro benzene ring substituents is 1. The maximum absolute atomic E-state index is 12.4. The Morgan fingerprint density at radius 1 is 1.20 bits per heavy atom. The molecule has 0 spiro atoms. The van der Waals surface area contributed by atoms with Gasteiger partial charge in [-0.05, 0) is 11.6 Å². The molecular weight excluding hydrogens is 404 g/mol. The summed E-state index contributed by atoms with van der Waals surface area (Å²) in [7, 11) is 1.72. The van der Waals surface area contributed by atoms with Crippen LogP contribution in [-0.2, 0) is 10.5 Å². The van der Waals surface area contributed by atoms with Crippen LogP contribution in [0.3, 0.4) is 0 Å². The molecule has 2 aromatic carbocycles. The van der Waals surface area contributed by atoms with Crippen molar-refractivity contribution in [3.05, 3.63) is 82.2 Å². The maximum Gasteiger partial charge on any atom is 0.271 e. The van der Waals surface area contributed by atoms with E-state index in [2.05, 4.69) is 10.3 Å². The first kappa shape index (κ1) is 19.8. The van der Waals surface area contributed by atoms with E-state index in [-0.39, 0.29) is 17.6 Å². The highest BCUT2D eigenvalue weighted by Gasteiger charge is 2.27. The molecule has 4 rings (SSSR count). The zero-order valence-electron chi connectivity index (χ0n) is 16.1. The zero-order chi connectivity index (χ0) is 21.1. The van der Waals surface area contributed by atoms with Crippen molar-refractivity contribution in [2.24, 2.45) is 4.99 Å². The van der Waals surface area contributed by atoms with Gasteiger partial charge in [0.05, 0.1) is 35.0 Å². The molecular formula is C20H18N6O3S. The largest absolute Gasteiger partial charge is 0.295 e. The van der Waals surface area contributed by atoms with Gasteiger partial charge in [-0.15, -0.1) is 5.10 Å². The number of aromatic nitrogens is 3. The van der Waals surface area contributed by atoms with E-state index in [1.165, 1.54) is 28.6 Å². The molecule has 152 valence electrons. The van der Waals surface area contributed by atoms with Gasteiger partial charge in [0.25, 0.3) is 5.69 Å². The van der Waals surface area contributed by atoms with Crippen LogP contribution in [0, 0.1) is 10.1 Å². The highest BCUT2D eigenvalue weighted by atomic mass is 32.2. The van der Waals surface area contributed by atoms with Crippen LogP contribution in [-0.4, -0.2) is 42.9 Å². The predicted octanol–water partition coefficient (Wildman–Crippen LogP) is 3.37. The summed E-state index contributed by atoms with van der Waals surface area (Å²) in [5, 5.41) is 19.8. The van der Waals surface area contributed by atoms with Crippen LogP contribution in [0.15, 0.2) is 65.8 Å². The Bertz CT molecular complexity index is 1110. The molecule has 1 amide bonds. The molecule has 9 nitrogen and oxygen atoms in total. The topological polar surface area (TPSA) is 107 Å². The van der Waals surface area contributed by atoms with E-state index in [0.29, 0.717) is 28.7 Å². The van der Waals surface area contributed by atoms with Gasteiger partial charge in [0.2, 0.25) is 5.91 Å². The molecule has 1 unspecified atom stereocenters. The van der Waals surface area contributed by atoms with Gasteiger partial charge in [0.15, 0.2) is 5.17 Å². The van der Waals surface area contributed by atoms with Crippen LogP contribution < -0.4 is 0 Å². The van der Waals surface area contributed by atoms with Gasteiger partial charge >= 0.3 is 0 Å². The summed E-state index contributed by atoms with van der Waals surface area (Å²) in [4.78, 5) is 29.2. The number of thioether (sulfide) groups is 1. The molecule has 1 aliphatic rings. The van der Waals surface area contributed by atoms with Crippen molar-refractivity contribution in [1.29, 1.82) is 0 Å². The summed E-state index contributed by atoms with van der Waals surface area (Å²) in [5.74, 6) is 0.481. The number of non-ortho nitro benzene ring substituents is 1. The lowest BCUT2D eigenvalue weighted by Gasteiger charge is -2.27. The van der Waals surface area contributed by atoms with Crippen LogP contribution in [0.1, 0.15) is 23.7 Å². The average Bonchev–Trinajstić information content (AvgIpc) is 3.24. The quantitative estimate of drug-likeness (QED) is 0.461. The Morgan fingerprint density at radius 3 is 2.77 bits per heavy atom. The second-order valence-corrected chi connectivity index (χ2v) is 7.66. The number of nitrogens with zero attached hydrogens (tertiary/aromatic N) is 6. The third-order valence-electron chi connectivity index (χ3n) is 4.67. The number of aliphatic imine (C=N–C) groups is 1. The van der Waals surface area contributed by atoms with Crippen LogP contribution in [0.2, 0.25) is 0 Å². The highest BCUT2D eigenvalue weighted by Crippen LogP contribution is 2.29. The molecule has 0 bridgehead atoms. The molecule has 3 aromatic rings.